The molecule has 2 aliphatic heterocycles. The van der Waals surface area contributed by atoms with Gasteiger partial charge in [0.2, 0.25) is 0 Å². The second-order valence-corrected chi connectivity index (χ2v) is 7.89. The number of aromatic amines is 1. The van der Waals surface area contributed by atoms with Crippen molar-refractivity contribution in [2.75, 3.05) is 12.8 Å². The number of nitrogens with zero attached hydrogens (tertiary/aromatic N) is 1. The zero-order valence-corrected chi connectivity index (χ0v) is 13.8. The van der Waals surface area contributed by atoms with Crippen LogP contribution >= 0.6 is 7.60 Å². The molecule has 2 saturated heterocycles. The van der Waals surface area contributed by atoms with Crippen molar-refractivity contribution in [2.24, 2.45) is 5.92 Å². The minimum atomic E-state index is -4.24. The Hall–Kier alpha value is -1.29. The number of aryl methyl sites for hydroxylation is 1. The Labute approximate surface area is 136 Å². The first-order chi connectivity index (χ1) is 11.2. The molecule has 10 nitrogen and oxygen atoms in total. The minimum Gasteiger partial charge on any atom is -0.394 e. The molecule has 0 saturated carbocycles. The number of H-pyrrole nitrogens is 1. The van der Waals surface area contributed by atoms with Crippen molar-refractivity contribution < 1.29 is 28.9 Å². The van der Waals surface area contributed by atoms with E-state index in [1.807, 2.05) is 0 Å². The quantitative estimate of drug-likeness (QED) is 0.482. The van der Waals surface area contributed by atoms with Gasteiger partial charge >= 0.3 is 13.3 Å². The van der Waals surface area contributed by atoms with Crippen molar-refractivity contribution in [1.82, 2.24) is 9.55 Å². The van der Waals surface area contributed by atoms with Crippen LogP contribution in [0.5, 0.6) is 0 Å². The molecule has 2 aliphatic rings. The van der Waals surface area contributed by atoms with E-state index in [2.05, 4.69) is 4.98 Å². The first-order valence-corrected chi connectivity index (χ1v) is 9.28. The maximum absolute atomic E-state index is 12.1. The lowest BCUT2D eigenvalue weighted by atomic mass is 9.97. The van der Waals surface area contributed by atoms with Gasteiger partial charge in [0, 0.05) is 17.7 Å². The van der Waals surface area contributed by atoms with Crippen LogP contribution in [0.4, 0.5) is 0 Å². The lowest BCUT2D eigenvalue weighted by Crippen LogP contribution is -2.35. The molecule has 0 aromatic carbocycles. The van der Waals surface area contributed by atoms with Crippen molar-refractivity contribution in [2.45, 2.75) is 37.9 Å². The van der Waals surface area contributed by atoms with Gasteiger partial charge in [-0.3, -0.25) is 18.9 Å². The number of rotatable bonds is 4. The van der Waals surface area contributed by atoms with Crippen LogP contribution in [-0.2, 0) is 14.0 Å². The molecule has 0 amide bonds. The fourth-order valence-electron chi connectivity index (χ4n) is 3.39. The molecule has 0 bridgehead atoms. The van der Waals surface area contributed by atoms with Gasteiger partial charge in [0.25, 0.3) is 5.56 Å². The summed E-state index contributed by atoms with van der Waals surface area (Å²) in [6.07, 6.45) is -1.51. The molecule has 24 heavy (non-hydrogen) atoms. The molecule has 4 N–H and O–H groups in total. The molecular formula is C13H19N2O8P. The number of hydrogen-bond acceptors (Lipinski definition) is 6. The van der Waals surface area contributed by atoms with E-state index in [1.54, 1.807) is 6.92 Å². The van der Waals surface area contributed by atoms with Gasteiger partial charge in [-0.15, -0.1) is 0 Å². The Morgan fingerprint density at radius 3 is 2.71 bits per heavy atom. The van der Waals surface area contributed by atoms with Crippen molar-refractivity contribution >= 4 is 7.60 Å². The zero-order chi connectivity index (χ0) is 17.6. The summed E-state index contributed by atoms with van der Waals surface area (Å²) in [5.74, 6) is -0.360. The van der Waals surface area contributed by atoms with Gasteiger partial charge < -0.3 is 24.4 Å². The van der Waals surface area contributed by atoms with Crippen LogP contribution in [0.2, 0.25) is 0 Å². The summed E-state index contributed by atoms with van der Waals surface area (Å²) in [6.45, 7) is 1.20. The van der Waals surface area contributed by atoms with Crippen molar-refractivity contribution in [3.05, 3.63) is 32.6 Å². The van der Waals surface area contributed by atoms with Gasteiger partial charge in [0.05, 0.1) is 25.0 Å². The van der Waals surface area contributed by atoms with Gasteiger partial charge in [0.1, 0.15) is 12.3 Å². The van der Waals surface area contributed by atoms with E-state index < -0.39 is 49.5 Å². The highest BCUT2D eigenvalue weighted by atomic mass is 31.2. The summed E-state index contributed by atoms with van der Waals surface area (Å²) < 4.78 is 23.7. The van der Waals surface area contributed by atoms with Crippen LogP contribution in [0, 0.1) is 12.8 Å². The number of fused-ring (bicyclic) bond motifs is 1. The second kappa shape index (κ2) is 6.21. The van der Waals surface area contributed by atoms with Gasteiger partial charge in [-0.25, -0.2) is 4.79 Å². The molecule has 1 aromatic rings. The molecule has 0 spiro atoms. The summed E-state index contributed by atoms with van der Waals surface area (Å²) in [4.78, 5) is 44.0. The van der Waals surface area contributed by atoms with Crippen LogP contribution in [0.3, 0.4) is 0 Å². The average Bonchev–Trinajstić information content (AvgIpc) is 2.99. The number of aromatic nitrogens is 2. The largest absolute Gasteiger partial charge is 0.394 e. The third-order valence-corrected chi connectivity index (χ3v) is 5.28. The fraction of sp³-hybridized carbons (Fsp3) is 0.692. The molecule has 3 heterocycles. The van der Waals surface area contributed by atoms with Crippen molar-refractivity contribution in [3.63, 3.8) is 0 Å². The van der Waals surface area contributed by atoms with Gasteiger partial charge in [-0.1, -0.05) is 0 Å². The topological polar surface area (TPSA) is 151 Å². The standard InChI is InChI=1S/C13H19N2O8P/c1-6-3-15(13(18)14-11(6)17)12-8-2-7(5-24(19,20)21)22-10(8)9(4-16)23-12/h3,7-10,12,16H,2,4-5H2,1H3,(H,14,17,18)(H2,19,20,21)/t7-,8-,9-,10+,12-/m1/s1. The number of hydrogen-bond donors (Lipinski definition) is 4. The van der Waals surface area contributed by atoms with Crippen LogP contribution < -0.4 is 11.2 Å². The van der Waals surface area contributed by atoms with Crippen LogP contribution in [0.25, 0.3) is 0 Å². The first kappa shape index (κ1) is 17.5. The van der Waals surface area contributed by atoms with Crippen LogP contribution in [0.15, 0.2) is 15.8 Å². The number of aliphatic hydroxyl groups excluding tert-OH is 1. The molecule has 11 heteroatoms. The monoisotopic (exact) mass is 362 g/mol. The highest BCUT2D eigenvalue weighted by molar-refractivity contribution is 7.51. The summed E-state index contributed by atoms with van der Waals surface area (Å²) in [7, 11) is -4.24. The third kappa shape index (κ3) is 3.26. The Balaban J connectivity index is 1.91. The molecule has 1 aromatic heterocycles. The molecule has 2 fully saturated rings. The smallest absolute Gasteiger partial charge is 0.330 e. The average molecular weight is 362 g/mol. The third-order valence-electron chi connectivity index (χ3n) is 4.39. The zero-order valence-electron chi connectivity index (χ0n) is 12.9. The first-order valence-electron chi connectivity index (χ1n) is 7.48. The molecule has 0 unspecified atom stereocenters. The summed E-state index contributed by atoms with van der Waals surface area (Å²) >= 11 is 0. The van der Waals surface area contributed by atoms with E-state index in [0.717, 1.165) is 0 Å². The molecule has 0 radical (unpaired) electrons. The number of ether oxygens (including phenoxy) is 2. The maximum atomic E-state index is 12.1. The number of aliphatic hydroxyl groups is 1. The van der Waals surface area contributed by atoms with E-state index in [4.69, 9.17) is 19.3 Å². The van der Waals surface area contributed by atoms with E-state index in [9.17, 15) is 19.3 Å². The van der Waals surface area contributed by atoms with E-state index in [-0.39, 0.29) is 18.9 Å². The van der Waals surface area contributed by atoms with Crippen molar-refractivity contribution in [3.8, 4) is 0 Å². The molecular weight excluding hydrogens is 343 g/mol. The molecule has 0 aliphatic carbocycles. The van der Waals surface area contributed by atoms with Gasteiger partial charge in [0.15, 0.2) is 0 Å². The normalized spacial score (nSPS) is 32.9. The second-order valence-electron chi connectivity index (χ2n) is 6.20. The fourth-order valence-corrected chi connectivity index (χ4v) is 4.16. The summed E-state index contributed by atoms with van der Waals surface area (Å²) in [5.41, 5.74) is -0.814. The Morgan fingerprint density at radius 2 is 2.08 bits per heavy atom. The van der Waals surface area contributed by atoms with Crippen molar-refractivity contribution in [1.29, 1.82) is 0 Å². The molecule has 134 valence electrons. The highest BCUT2D eigenvalue weighted by Crippen LogP contribution is 2.47. The maximum Gasteiger partial charge on any atom is 0.330 e. The van der Waals surface area contributed by atoms with Gasteiger partial charge in [-0.2, -0.15) is 0 Å². The van der Waals surface area contributed by atoms with E-state index >= 15 is 0 Å². The highest BCUT2D eigenvalue weighted by Gasteiger charge is 2.52. The lowest BCUT2D eigenvalue weighted by Gasteiger charge is -2.21. The Morgan fingerprint density at radius 1 is 1.38 bits per heavy atom. The van der Waals surface area contributed by atoms with E-state index in [1.165, 1.54) is 10.8 Å². The molecule has 3 rings (SSSR count). The number of nitrogens with one attached hydrogen (secondary N) is 1. The predicted molar refractivity (Wildman–Crippen MR) is 80.7 cm³/mol. The lowest BCUT2D eigenvalue weighted by molar-refractivity contribution is -0.0779. The SMILES string of the molecule is Cc1cn([C@@H]2O[C@H](CO)[C@H]3O[C@@H](CP(=O)(O)O)C[C@H]32)c(=O)[nH]c1=O. The Kier molecular flexibility index (Phi) is 4.54. The van der Waals surface area contributed by atoms with Crippen LogP contribution in [0.1, 0.15) is 18.2 Å². The van der Waals surface area contributed by atoms with Crippen LogP contribution in [-0.4, -0.2) is 55.5 Å². The van der Waals surface area contributed by atoms with Gasteiger partial charge in [-0.05, 0) is 13.3 Å². The van der Waals surface area contributed by atoms with E-state index in [0.29, 0.717) is 5.56 Å². The summed E-state index contributed by atoms with van der Waals surface area (Å²) in [6, 6.07) is 0. The minimum absolute atomic E-state index is 0.279. The molecule has 5 atom stereocenters. The summed E-state index contributed by atoms with van der Waals surface area (Å²) in [5, 5.41) is 9.46. The predicted octanol–water partition coefficient (Wildman–Crippen LogP) is -1.31. The Bertz CT molecular complexity index is 783.